The topological polar surface area (TPSA) is 84.1 Å². The van der Waals surface area contributed by atoms with Crippen LogP contribution in [0.1, 0.15) is 22.5 Å². The molecule has 1 fully saturated rings. The van der Waals surface area contributed by atoms with Crippen LogP contribution >= 0.6 is 11.6 Å². The van der Waals surface area contributed by atoms with Gasteiger partial charge in [0.2, 0.25) is 0 Å². The van der Waals surface area contributed by atoms with E-state index in [2.05, 4.69) is 25.3 Å². The van der Waals surface area contributed by atoms with Gasteiger partial charge in [0, 0.05) is 31.5 Å². The fourth-order valence-electron chi connectivity index (χ4n) is 3.26. The Hall–Kier alpha value is -2.93. The number of pyridine rings is 2. The Kier molecular flexibility index (Phi) is 4.77. The highest BCUT2D eigenvalue weighted by Crippen LogP contribution is 2.27. The Balaban J connectivity index is 1.50. The van der Waals surface area contributed by atoms with Gasteiger partial charge in [-0.25, -0.2) is 4.98 Å². The molecule has 1 unspecified atom stereocenters. The number of anilines is 1. The summed E-state index contributed by atoms with van der Waals surface area (Å²) in [5, 5.41) is 7.70. The molecule has 4 heterocycles. The third-order valence-electron chi connectivity index (χ3n) is 4.56. The molecule has 1 N–H and O–H groups in total. The van der Waals surface area contributed by atoms with Crippen LogP contribution in [-0.4, -0.2) is 40.2 Å². The second-order valence-corrected chi connectivity index (χ2v) is 6.80. The number of carbonyl (C=O) groups is 1. The lowest BCUT2D eigenvalue weighted by atomic mass is 10.1. The molecule has 0 aliphatic carbocycles. The van der Waals surface area contributed by atoms with Gasteiger partial charge in [-0.05, 0) is 37.6 Å². The number of hydrogen-bond donors (Lipinski definition) is 1. The molecule has 1 aliphatic heterocycles. The Morgan fingerprint density at radius 3 is 2.89 bits per heavy atom. The van der Waals surface area contributed by atoms with Crippen molar-refractivity contribution in [2.24, 2.45) is 0 Å². The van der Waals surface area contributed by atoms with E-state index in [9.17, 15) is 4.79 Å². The molecule has 27 heavy (non-hydrogen) atoms. The number of nitrogens with one attached hydrogen (secondary N) is 1. The molecule has 138 valence electrons. The van der Waals surface area contributed by atoms with Crippen LogP contribution in [0.3, 0.4) is 0 Å². The minimum absolute atomic E-state index is 0.0125. The number of aromatic nitrogens is 3. The van der Waals surface area contributed by atoms with Gasteiger partial charge in [0.15, 0.2) is 0 Å². The Morgan fingerprint density at radius 2 is 2.11 bits per heavy atom. The van der Waals surface area contributed by atoms with Gasteiger partial charge >= 0.3 is 0 Å². The lowest BCUT2D eigenvalue weighted by Gasteiger charge is -2.19. The smallest absolute Gasteiger partial charge is 0.257 e. The van der Waals surface area contributed by atoms with E-state index < -0.39 is 0 Å². The van der Waals surface area contributed by atoms with Crippen LogP contribution < -0.4 is 10.2 Å². The lowest BCUT2D eigenvalue weighted by Crippen LogP contribution is -2.37. The van der Waals surface area contributed by atoms with Crippen LogP contribution in [0.25, 0.3) is 11.4 Å². The van der Waals surface area contributed by atoms with E-state index in [4.69, 9.17) is 16.1 Å². The zero-order valence-corrected chi connectivity index (χ0v) is 15.5. The zero-order chi connectivity index (χ0) is 18.8. The van der Waals surface area contributed by atoms with Gasteiger partial charge in [0.1, 0.15) is 22.8 Å². The predicted molar refractivity (Wildman–Crippen MR) is 102 cm³/mol. The summed E-state index contributed by atoms with van der Waals surface area (Å²) in [6, 6.07) is 9.06. The van der Waals surface area contributed by atoms with Gasteiger partial charge in [-0.1, -0.05) is 22.8 Å². The molecule has 1 aliphatic rings. The van der Waals surface area contributed by atoms with E-state index in [1.165, 1.54) is 0 Å². The Morgan fingerprint density at radius 1 is 1.26 bits per heavy atom. The molecular formula is C19H18ClN5O2. The molecule has 0 radical (unpaired) electrons. The monoisotopic (exact) mass is 383 g/mol. The fourth-order valence-corrected chi connectivity index (χ4v) is 3.50. The SMILES string of the molecule is Cc1onc(-c2ccccn2)c1C(=O)NC1CCN(c2ncccc2Cl)C1. The summed E-state index contributed by atoms with van der Waals surface area (Å²) in [5.74, 6) is 0.996. The van der Waals surface area contributed by atoms with Crippen molar-refractivity contribution in [2.75, 3.05) is 18.0 Å². The van der Waals surface area contributed by atoms with Crippen molar-refractivity contribution in [3.8, 4) is 11.4 Å². The molecule has 1 saturated heterocycles. The first-order chi connectivity index (χ1) is 13.1. The number of carbonyl (C=O) groups excluding carboxylic acids is 1. The minimum Gasteiger partial charge on any atom is -0.360 e. The second kappa shape index (κ2) is 7.36. The fraction of sp³-hybridized carbons (Fsp3) is 0.263. The van der Waals surface area contributed by atoms with Crippen molar-refractivity contribution < 1.29 is 9.32 Å². The summed E-state index contributed by atoms with van der Waals surface area (Å²) in [4.78, 5) is 23.6. The van der Waals surface area contributed by atoms with E-state index >= 15 is 0 Å². The average molecular weight is 384 g/mol. The Bertz CT molecular complexity index is 960. The van der Waals surface area contributed by atoms with Gasteiger partial charge in [-0.2, -0.15) is 0 Å². The van der Waals surface area contributed by atoms with E-state index in [1.54, 1.807) is 31.5 Å². The largest absolute Gasteiger partial charge is 0.360 e. The molecule has 1 atom stereocenters. The van der Waals surface area contributed by atoms with Crippen LogP contribution in [0, 0.1) is 6.92 Å². The van der Waals surface area contributed by atoms with Crippen molar-refractivity contribution in [2.45, 2.75) is 19.4 Å². The number of nitrogens with zero attached hydrogens (tertiary/aromatic N) is 4. The summed E-state index contributed by atoms with van der Waals surface area (Å²) < 4.78 is 5.25. The van der Waals surface area contributed by atoms with Crippen molar-refractivity contribution in [3.63, 3.8) is 0 Å². The zero-order valence-electron chi connectivity index (χ0n) is 14.7. The highest BCUT2D eigenvalue weighted by atomic mass is 35.5. The van der Waals surface area contributed by atoms with E-state index in [0.29, 0.717) is 34.3 Å². The minimum atomic E-state index is -0.214. The molecule has 3 aromatic rings. The number of hydrogen-bond acceptors (Lipinski definition) is 6. The number of aryl methyl sites for hydroxylation is 1. The average Bonchev–Trinajstić information content (AvgIpc) is 3.29. The van der Waals surface area contributed by atoms with Crippen LogP contribution in [-0.2, 0) is 0 Å². The first-order valence-electron chi connectivity index (χ1n) is 8.67. The summed E-state index contributed by atoms with van der Waals surface area (Å²) in [6.07, 6.45) is 4.18. The quantitative estimate of drug-likeness (QED) is 0.745. The van der Waals surface area contributed by atoms with E-state index in [1.807, 2.05) is 18.2 Å². The summed E-state index contributed by atoms with van der Waals surface area (Å²) in [7, 11) is 0. The third kappa shape index (κ3) is 3.50. The van der Waals surface area contributed by atoms with Crippen molar-refractivity contribution >= 4 is 23.3 Å². The number of rotatable bonds is 4. The normalized spacial score (nSPS) is 16.5. The van der Waals surface area contributed by atoms with Gasteiger partial charge < -0.3 is 14.7 Å². The first-order valence-corrected chi connectivity index (χ1v) is 9.05. The number of amides is 1. The Labute approximate surface area is 161 Å². The van der Waals surface area contributed by atoms with Crippen LogP contribution in [0.15, 0.2) is 47.2 Å². The van der Waals surface area contributed by atoms with Crippen molar-refractivity contribution in [1.82, 2.24) is 20.4 Å². The summed E-state index contributed by atoms with van der Waals surface area (Å²) in [6.45, 7) is 3.14. The lowest BCUT2D eigenvalue weighted by molar-refractivity contribution is 0.0939. The summed E-state index contributed by atoms with van der Waals surface area (Å²) in [5.41, 5.74) is 1.48. The molecule has 1 amide bonds. The molecule has 0 aromatic carbocycles. The predicted octanol–water partition coefficient (Wildman–Crippen LogP) is 3.10. The van der Waals surface area contributed by atoms with Crippen LogP contribution in [0.5, 0.6) is 0 Å². The van der Waals surface area contributed by atoms with Gasteiger partial charge in [-0.3, -0.25) is 9.78 Å². The molecule has 8 heteroatoms. The summed E-state index contributed by atoms with van der Waals surface area (Å²) >= 11 is 6.23. The molecule has 4 rings (SSSR count). The van der Waals surface area contributed by atoms with Crippen LogP contribution in [0.4, 0.5) is 5.82 Å². The molecule has 7 nitrogen and oxygen atoms in total. The van der Waals surface area contributed by atoms with Gasteiger partial charge in [-0.15, -0.1) is 0 Å². The van der Waals surface area contributed by atoms with E-state index in [-0.39, 0.29) is 11.9 Å². The first kappa shape index (κ1) is 17.5. The second-order valence-electron chi connectivity index (χ2n) is 6.39. The van der Waals surface area contributed by atoms with Crippen molar-refractivity contribution in [3.05, 3.63) is 59.1 Å². The molecule has 0 bridgehead atoms. The highest BCUT2D eigenvalue weighted by Gasteiger charge is 2.29. The van der Waals surface area contributed by atoms with Gasteiger partial charge in [0.05, 0.1) is 10.7 Å². The molecule has 0 saturated carbocycles. The molecule has 3 aromatic heterocycles. The molecular weight excluding hydrogens is 366 g/mol. The van der Waals surface area contributed by atoms with Crippen LogP contribution in [0.2, 0.25) is 5.02 Å². The van der Waals surface area contributed by atoms with Crippen molar-refractivity contribution in [1.29, 1.82) is 0 Å². The maximum Gasteiger partial charge on any atom is 0.257 e. The third-order valence-corrected chi connectivity index (χ3v) is 4.85. The van der Waals surface area contributed by atoms with E-state index in [0.717, 1.165) is 18.8 Å². The number of halogens is 1. The van der Waals surface area contributed by atoms with Gasteiger partial charge in [0.25, 0.3) is 5.91 Å². The maximum atomic E-state index is 12.9. The standard InChI is InChI=1S/C19H18ClN5O2/c1-12-16(17(24-27-12)15-6-2-3-8-21-15)19(26)23-13-7-10-25(11-13)18-14(20)5-4-9-22-18/h2-6,8-9,13H,7,10-11H2,1H3,(H,23,26). The molecule has 0 spiro atoms. The maximum absolute atomic E-state index is 12.9. The highest BCUT2D eigenvalue weighted by molar-refractivity contribution is 6.32.